The quantitative estimate of drug-likeness (QED) is 0.110. The van der Waals surface area contributed by atoms with Gasteiger partial charge in [0.1, 0.15) is 73.2 Å². The second-order valence-electron chi connectivity index (χ2n) is 11.7. The van der Waals surface area contributed by atoms with Gasteiger partial charge in [0.15, 0.2) is 25.2 Å². The Kier molecular flexibility index (Phi) is 12.5. The minimum Gasteiger partial charge on any atom is -0.394 e. The van der Waals surface area contributed by atoms with Crippen molar-refractivity contribution >= 4 is 5.91 Å². The molecule has 0 unspecified atom stereocenters. The molecule has 0 aliphatic carbocycles. The number of ether oxygens (including phenoxy) is 7. The monoisotopic (exact) mass is 659 g/mol. The van der Waals surface area contributed by atoms with Crippen LogP contribution >= 0.6 is 0 Å². The first-order valence-electron chi connectivity index (χ1n) is 14.7. The summed E-state index contributed by atoms with van der Waals surface area (Å²) >= 11 is 0. The third-order valence-electron chi connectivity index (χ3n) is 8.41. The molecule has 4 saturated heterocycles. The molecule has 4 heterocycles. The predicted octanol–water partition coefficient (Wildman–Crippen LogP) is -6.52. The second-order valence-corrected chi connectivity index (χ2v) is 11.7. The van der Waals surface area contributed by atoms with Crippen molar-refractivity contribution in [2.24, 2.45) is 0 Å². The fourth-order valence-electron chi connectivity index (χ4n) is 5.75. The van der Waals surface area contributed by atoms with Crippen molar-refractivity contribution in [2.45, 2.75) is 144 Å². The number of amides is 1. The maximum absolute atomic E-state index is 12.2. The highest BCUT2D eigenvalue weighted by atomic mass is 16.8. The van der Waals surface area contributed by atoms with Crippen molar-refractivity contribution in [2.75, 3.05) is 13.2 Å². The summed E-state index contributed by atoms with van der Waals surface area (Å²) in [6, 6.07) is -1.46. The summed E-state index contributed by atoms with van der Waals surface area (Å²) in [4.78, 5) is 12.2. The van der Waals surface area contributed by atoms with Crippen molar-refractivity contribution in [1.29, 1.82) is 0 Å². The molecule has 0 radical (unpaired) electrons. The third-order valence-corrected chi connectivity index (χ3v) is 8.41. The number of hydrogen-bond donors (Lipinski definition) is 11. The van der Waals surface area contributed by atoms with Gasteiger partial charge in [-0.15, -0.1) is 0 Å². The molecule has 0 aromatic carbocycles. The van der Waals surface area contributed by atoms with Gasteiger partial charge >= 0.3 is 0 Å². The van der Waals surface area contributed by atoms with Crippen LogP contribution in [0.2, 0.25) is 0 Å². The predicted molar refractivity (Wildman–Crippen MR) is 141 cm³/mol. The number of carbonyl (C=O) groups is 1. The van der Waals surface area contributed by atoms with Gasteiger partial charge in [-0.2, -0.15) is 0 Å². The fraction of sp³-hybridized carbons (Fsp3) is 0.962. The van der Waals surface area contributed by atoms with Crippen LogP contribution in [0.1, 0.15) is 27.2 Å². The summed E-state index contributed by atoms with van der Waals surface area (Å²) in [7, 11) is 0. The Bertz CT molecular complexity index is 965. The average molecular weight is 660 g/mol. The van der Waals surface area contributed by atoms with Gasteiger partial charge in [-0.3, -0.25) is 4.79 Å². The molecule has 19 nitrogen and oxygen atoms in total. The van der Waals surface area contributed by atoms with Gasteiger partial charge in [0.05, 0.1) is 31.5 Å². The molecular formula is C26H45NO18. The Labute approximate surface area is 257 Å². The van der Waals surface area contributed by atoms with Crippen molar-refractivity contribution in [3.8, 4) is 0 Å². The Morgan fingerprint density at radius 3 is 1.87 bits per heavy atom. The number of aliphatic hydroxyl groups is 10. The van der Waals surface area contributed by atoms with E-state index >= 15 is 0 Å². The van der Waals surface area contributed by atoms with Crippen molar-refractivity contribution in [1.82, 2.24) is 5.32 Å². The average Bonchev–Trinajstić information content (AvgIpc) is 2.99. The SMILES string of the molecule is CC(=O)N[C@@H]1[C@@H](O[C@@H]2O[C@H](CO)[C@H](O)[C@H](O)[C@H]2O[C@@H]2O[C@@H](C)[C@@H](O)[C@@H](O)[C@@H]2O)[C@H](O[C@@H]2O[C@@H](C)[C@@H](O)C[C@@H]2O)[C@@H](CO)O[C@H]1O. The minimum atomic E-state index is -1.89. The molecule has 11 N–H and O–H groups in total. The van der Waals surface area contributed by atoms with E-state index in [0.29, 0.717) is 0 Å². The summed E-state index contributed by atoms with van der Waals surface area (Å²) < 4.78 is 40.1. The zero-order valence-electron chi connectivity index (χ0n) is 24.8. The van der Waals surface area contributed by atoms with Crippen LogP contribution in [0.3, 0.4) is 0 Å². The lowest BCUT2D eigenvalue weighted by Gasteiger charge is -2.50. The molecule has 19 heteroatoms. The largest absolute Gasteiger partial charge is 0.394 e. The maximum atomic E-state index is 12.2. The van der Waals surface area contributed by atoms with Crippen LogP contribution in [-0.4, -0.2) is 187 Å². The topological polar surface area (TPSA) is 296 Å². The van der Waals surface area contributed by atoms with Gasteiger partial charge in [-0.1, -0.05) is 0 Å². The van der Waals surface area contributed by atoms with Crippen LogP contribution in [0, 0.1) is 0 Å². The first-order chi connectivity index (χ1) is 21.2. The molecule has 45 heavy (non-hydrogen) atoms. The minimum absolute atomic E-state index is 0.140. The molecule has 0 spiro atoms. The van der Waals surface area contributed by atoms with Gasteiger partial charge in [0.25, 0.3) is 0 Å². The first-order valence-corrected chi connectivity index (χ1v) is 14.7. The number of aliphatic hydroxyl groups excluding tert-OH is 10. The summed E-state index contributed by atoms with van der Waals surface area (Å²) in [5, 5.41) is 106. The normalized spacial score (nSPS) is 51.1. The number of nitrogens with one attached hydrogen (secondary N) is 1. The lowest BCUT2D eigenvalue weighted by Crippen LogP contribution is -2.69. The molecular weight excluding hydrogens is 614 g/mol. The Morgan fingerprint density at radius 2 is 1.24 bits per heavy atom. The highest BCUT2D eigenvalue weighted by Crippen LogP contribution is 2.35. The molecule has 262 valence electrons. The van der Waals surface area contributed by atoms with Crippen LogP contribution in [0.4, 0.5) is 0 Å². The molecule has 4 rings (SSSR count). The molecule has 0 bridgehead atoms. The Morgan fingerprint density at radius 1 is 0.644 bits per heavy atom. The van der Waals surface area contributed by atoms with E-state index in [1.807, 2.05) is 0 Å². The van der Waals surface area contributed by atoms with Gasteiger partial charge in [0, 0.05) is 13.3 Å². The van der Waals surface area contributed by atoms with E-state index in [1.54, 1.807) is 0 Å². The smallest absolute Gasteiger partial charge is 0.217 e. The molecule has 1 amide bonds. The van der Waals surface area contributed by atoms with Gasteiger partial charge in [0.2, 0.25) is 5.91 Å². The fourth-order valence-corrected chi connectivity index (χ4v) is 5.75. The van der Waals surface area contributed by atoms with Crippen molar-refractivity contribution in [3.63, 3.8) is 0 Å². The van der Waals surface area contributed by atoms with E-state index < -0.39 is 136 Å². The zero-order valence-corrected chi connectivity index (χ0v) is 24.8. The Balaban J connectivity index is 1.68. The zero-order chi connectivity index (χ0) is 33.3. The van der Waals surface area contributed by atoms with Gasteiger partial charge in [-0.25, -0.2) is 0 Å². The maximum Gasteiger partial charge on any atom is 0.217 e. The standard InChI is InChI=1S/C26H45NO18/c1-7-10(31)4-11(32)24(39-7)43-20-13(6-29)41-23(38)14(27-9(3)30)21(20)44-26-22(18(36)16(34)12(5-28)42-26)45-25-19(37)17(35)15(33)8(2)40-25/h7-8,10-26,28-29,31-38H,4-6H2,1-3H3,(H,27,30)/t7-,8-,10-,11-,12+,13+,14+,15+,16-,17+,18-,19-,20+,21+,22+,23+,24-,25-,26-/m0/s1. The molecule has 4 fully saturated rings. The van der Waals surface area contributed by atoms with E-state index in [-0.39, 0.29) is 6.42 Å². The Hall–Kier alpha value is -1.21. The summed E-state index contributed by atoms with van der Waals surface area (Å²) in [6.07, 6.45) is -27.4. The van der Waals surface area contributed by atoms with Crippen molar-refractivity contribution in [3.05, 3.63) is 0 Å². The van der Waals surface area contributed by atoms with Crippen LogP contribution < -0.4 is 5.32 Å². The molecule has 0 aromatic heterocycles. The number of hydrogen-bond acceptors (Lipinski definition) is 18. The van der Waals surface area contributed by atoms with E-state index in [9.17, 15) is 55.9 Å². The highest BCUT2D eigenvalue weighted by Gasteiger charge is 2.55. The van der Waals surface area contributed by atoms with Crippen LogP contribution in [0.15, 0.2) is 0 Å². The van der Waals surface area contributed by atoms with E-state index in [0.717, 1.165) is 6.92 Å². The first kappa shape index (κ1) is 36.6. The molecule has 4 aliphatic rings. The third kappa shape index (κ3) is 7.92. The van der Waals surface area contributed by atoms with Crippen LogP contribution in [0.25, 0.3) is 0 Å². The van der Waals surface area contributed by atoms with Crippen molar-refractivity contribution < 1.29 is 89.0 Å². The lowest BCUT2D eigenvalue weighted by molar-refractivity contribution is -0.388. The van der Waals surface area contributed by atoms with E-state index in [2.05, 4.69) is 5.32 Å². The molecule has 4 aliphatic heterocycles. The molecule has 19 atom stereocenters. The number of rotatable bonds is 9. The molecule has 0 aromatic rings. The summed E-state index contributed by atoms with van der Waals surface area (Å²) in [6.45, 7) is 2.45. The van der Waals surface area contributed by atoms with Crippen LogP contribution in [0.5, 0.6) is 0 Å². The summed E-state index contributed by atoms with van der Waals surface area (Å²) in [5.74, 6) is -0.663. The van der Waals surface area contributed by atoms with E-state index in [4.69, 9.17) is 33.2 Å². The second kappa shape index (κ2) is 15.3. The highest BCUT2D eigenvalue weighted by molar-refractivity contribution is 5.73. The summed E-state index contributed by atoms with van der Waals surface area (Å²) in [5.41, 5.74) is 0. The van der Waals surface area contributed by atoms with Crippen LogP contribution in [-0.2, 0) is 38.0 Å². The van der Waals surface area contributed by atoms with E-state index in [1.165, 1.54) is 13.8 Å². The van der Waals surface area contributed by atoms with Gasteiger partial charge < -0.3 is 89.5 Å². The molecule has 0 saturated carbocycles. The number of carbonyl (C=O) groups excluding carboxylic acids is 1. The lowest BCUT2D eigenvalue weighted by atomic mass is 9.94. The van der Waals surface area contributed by atoms with Gasteiger partial charge in [-0.05, 0) is 13.8 Å².